The second-order valence-electron chi connectivity index (χ2n) is 12.8. The monoisotopic (exact) mass is 696 g/mol. The van der Waals surface area contributed by atoms with Gasteiger partial charge in [-0.05, 0) is 49.9 Å². The van der Waals surface area contributed by atoms with Gasteiger partial charge in [0.15, 0.2) is 0 Å². The zero-order valence-electron chi connectivity index (χ0n) is 27.0. The van der Waals surface area contributed by atoms with Gasteiger partial charge in [-0.1, -0.05) is 41.5 Å². The molecule has 0 spiro atoms. The second kappa shape index (κ2) is 17.5. The van der Waals surface area contributed by atoms with Crippen molar-refractivity contribution in [1.29, 1.82) is 0 Å². The van der Waals surface area contributed by atoms with Gasteiger partial charge in [0.2, 0.25) is 40.1 Å². The van der Waals surface area contributed by atoms with Gasteiger partial charge in [0.25, 0.3) is 0 Å². The van der Waals surface area contributed by atoms with Crippen LogP contribution in [0.1, 0.15) is 61.8 Å². The topological polar surface area (TPSA) is 200 Å². The lowest BCUT2D eigenvalue weighted by Gasteiger charge is -2.30. The molecular weight excluding hydrogens is 641 g/mol. The maximum absolute atomic E-state index is 10.9. The molecule has 4 fully saturated rings. The van der Waals surface area contributed by atoms with E-state index in [0.29, 0.717) is 80.0 Å². The van der Waals surface area contributed by atoms with Crippen molar-refractivity contribution in [1.82, 2.24) is 29.1 Å². The van der Waals surface area contributed by atoms with Crippen LogP contribution in [0.25, 0.3) is 0 Å². The minimum atomic E-state index is -3.01. The van der Waals surface area contributed by atoms with E-state index in [1.165, 1.54) is 0 Å². The SMILES string of the molecule is CC(C)C1CCS(=O)(=O)NC1.CC(C)C1CNS(=O)(=O)C1.CC(C)C1CNS(=O)(=O)CN1.CC(C)N1CCS(=O)(=O)NC1. The van der Waals surface area contributed by atoms with Gasteiger partial charge in [-0.2, -0.15) is 0 Å². The van der Waals surface area contributed by atoms with E-state index in [-0.39, 0.29) is 17.7 Å². The molecule has 43 heavy (non-hydrogen) atoms. The molecule has 0 saturated carbocycles. The molecular formula is C25H56N6O8S4. The fourth-order valence-electron chi connectivity index (χ4n) is 4.38. The molecule has 0 aromatic carbocycles. The predicted molar refractivity (Wildman–Crippen MR) is 172 cm³/mol. The Balaban J connectivity index is 0.000000287. The summed E-state index contributed by atoms with van der Waals surface area (Å²) in [6, 6.07) is 0.691. The fraction of sp³-hybridized carbons (Fsp3) is 1.00. The maximum Gasteiger partial charge on any atom is 0.224 e. The normalized spacial score (nSPS) is 29.5. The number of nitrogens with one attached hydrogen (secondary N) is 5. The second-order valence-corrected chi connectivity index (χ2v) is 20.3. The maximum atomic E-state index is 10.9. The van der Waals surface area contributed by atoms with Crippen molar-refractivity contribution in [3.8, 4) is 0 Å². The quantitative estimate of drug-likeness (QED) is 0.263. The molecule has 0 amide bonds. The molecule has 4 aliphatic heterocycles. The fourth-order valence-corrected chi connectivity index (χ4v) is 9.21. The Hall–Kier alpha value is -0.440. The summed E-state index contributed by atoms with van der Waals surface area (Å²) in [5.74, 6) is 3.24. The van der Waals surface area contributed by atoms with Crippen molar-refractivity contribution in [2.24, 2.45) is 29.6 Å². The summed E-state index contributed by atoms with van der Waals surface area (Å²) in [4.78, 5) is 2.08. The van der Waals surface area contributed by atoms with E-state index in [9.17, 15) is 33.7 Å². The molecule has 258 valence electrons. The van der Waals surface area contributed by atoms with Crippen LogP contribution in [0.3, 0.4) is 0 Å². The van der Waals surface area contributed by atoms with Gasteiger partial charge in [0.1, 0.15) is 5.88 Å². The highest BCUT2D eigenvalue weighted by atomic mass is 32.2. The third kappa shape index (κ3) is 16.6. The average Bonchev–Trinajstić information content (AvgIpc) is 3.24. The van der Waals surface area contributed by atoms with Crippen LogP contribution in [0.2, 0.25) is 0 Å². The predicted octanol–water partition coefficient (Wildman–Crippen LogP) is -0.148. The van der Waals surface area contributed by atoms with Crippen LogP contribution in [-0.4, -0.2) is 107 Å². The van der Waals surface area contributed by atoms with Gasteiger partial charge in [0, 0.05) is 38.3 Å². The summed E-state index contributed by atoms with van der Waals surface area (Å²) in [5.41, 5.74) is 0. The molecule has 18 heteroatoms. The van der Waals surface area contributed by atoms with E-state index in [2.05, 4.69) is 70.6 Å². The zero-order valence-corrected chi connectivity index (χ0v) is 30.2. The lowest BCUT2D eigenvalue weighted by molar-refractivity contribution is 0.221. The summed E-state index contributed by atoms with van der Waals surface area (Å²) < 4.78 is 97.0. The van der Waals surface area contributed by atoms with Gasteiger partial charge in [-0.25, -0.2) is 52.6 Å². The van der Waals surface area contributed by atoms with Gasteiger partial charge in [-0.15, -0.1) is 0 Å². The van der Waals surface area contributed by atoms with Crippen LogP contribution in [0.4, 0.5) is 0 Å². The van der Waals surface area contributed by atoms with Crippen LogP contribution in [0.5, 0.6) is 0 Å². The van der Waals surface area contributed by atoms with Crippen molar-refractivity contribution in [3.05, 3.63) is 0 Å². The molecule has 4 aliphatic rings. The van der Waals surface area contributed by atoms with Crippen molar-refractivity contribution in [2.75, 3.05) is 56.0 Å². The molecule has 4 saturated heterocycles. The Kier molecular flexibility index (Phi) is 16.5. The molecule has 5 N–H and O–H groups in total. The first-order chi connectivity index (χ1) is 19.5. The third-order valence-electron chi connectivity index (χ3n) is 7.94. The Morgan fingerprint density at radius 3 is 1.42 bits per heavy atom. The highest BCUT2D eigenvalue weighted by Crippen LogP contribution is 2.19. The van der Waals surface area contributed by atoms with Gasteiger partial charge in [0.05, 0.1) is 23.9 Å². The van der Waals surface area contributed by atoms with Crippen LogP contribution in [0.15, 0.2) is 0 Å². The number of hydrogen-bond acceptors (Lipinski definition) is 10. The largest absolute Gasteiger partial charge is 0.298 e. The molecule has 3 atom stereocenters. The summed E-state index contributed by atoms with van der Waals surface area (Å²) in [6.45, 7) is 19.5. The number of nitrogens with zero attached hydrogens (tertiary/aromatic N) is 1. The zero-order chi connectivity index (χ0) is 33.2. The van der Waals surface area contributed by atoms with Crippen molar-refractivity contribution in [2.45, 2.75) is 73.9 Å². The molecule has 0 bridgehead atoms. The van der Waals surface area contributed by atoms with E-state index in [1.807, 2.05) is 13.8 Å². The lowest BCUT2D eigenvalue weighted by Crippen LogP contribution is -2.53. The number of rotatable bonds is 4. The Bertz CT molecular complexity index is 1110. The molecule has 14 nitrogen and oxygen atoms in total. The summed E-state index contributed by atoms with van der Waals surface area (Å²) in [7, 11) is -11.7. The van der Waals surface area contributed by atoms with Crippen LogP contribution < -0.4 is 24.2 Å². The summed E-state index contributed by atoms with van der Waals surface area (Å²) in [6.07, 6.45) is 0.812. The van der Waals surface area contributed by atoms with Crippen molar-refractivity contribution >= 4 is 40.1 Å². The number of hydrogen-bond donors (Lipinski definition) is 5. The van der Waals surface area contributed by atoms with Crippen LogP contribution >= 0.6 is 0 Å². The molecule has 0 aliphatic carbocycles. The minimum Gasteiger partial charge on any atom is -0.298 e. The number of sulfonamides is 4. The van der Waals surface area contributed by atoms with Crippen LogP contribution in [-0.2, 0) is 40.1 Å². The van der Waals surface area contributed by atoms with E-state index in [1.54, 1.807) is 0 Å². The Morgan fingerprint density at radius 1 is 0.581 bits per heavy atom. The molecule has 4 heterocycles. The standard InChI is InChI=1S/C7H15NO2S.2C6H14N2O2S.C6H13NO2S/c1-6(2)7-3-4-11(9,10)8-5-7;1-5(2)6-3-8-11(9,10)4-7-6;1-6(2)8-3-4-11(9,10)7-5-8;1-5(2)6-3-7-10(8,9)4-6/h6-8H,3-5H2,1-2H3;5-8H,3-4H2,1-2H3;6-7H,3-5H2,1-2H3;5-7H,3-4H2,1-2H3. The highest BCUT2D eigenvalue weighted by Gasteiger charge is 2.29. The average molecular weight is 697 g/mol. The Morgan fingerprint density at radius 2 is 1.09 bits per heavy atom. The molecule has 0 aromatic heterocycles. The van der Waals surface area contributed by atoms with E-state index >= 15 is 0 Å². The van der Waals surface area contributed by atoms with Crippen LogP contribution in [0, 0.1) is 29.6 Å². The molecule has 3 unspecified atom stereocenters. The first kappa shape index (κ1) is 40.6. The first-order valence-electron chi connectivity index (χ1n) is 14.9. The highest BCUT2D eigenvalue weighted by molar-refractivity contribution is 7.90. The van der Waals surface area contributed by atoms with Gasteiger partial charge < -0.3 is 0 Å². The minimum absolute atomic E-state index is 0.0514. The van der Waals surface area contributed by atoms with E-state index in [4.69, 9.17) is 0 Å². The Labute approximate surface area is 261 Å². The van der Waals surface area contributed by atoms with E-state index in [0.717, 1.165) is 6.42 Å². The molecule has 0 radical (unpaired) electrons. The first-order valence-corrected chi connectivity index (χ1v) is 21.5. The van der Waals surface area contributed by atoms with Crippen molar-refractivity contribution in [3.63, 3.8) is 0 Å². The third-order valence-corrected chi connectivity index (χ3v) is 13.2. The van der Waals surface area contributed by atoms with Gasteiger partial charge in [-0.3, -0.25) is 10.2 Å². The summed E-state index contributed by atoms with van der Waals surface area (Å²) >= 11 is 0. The smallest absolute Gasteiger partial charge is 0.224 e. The van der Waals surface area contributed by atoms with Crippen molar-refractivity contribution < 1.29 is 33.7 Å². The summed E-state index contributed by atoms with van der Waals surface area (Å²) in [5, 5.41) is 2.96. The molecule has 4 rings (SSSR count). The lowest BCUT2D eigenvalue weighted by atomic mass is 9.93. The van der Waals surface area contributed by atoms with E-state index < -0.39 is 40.1 Å². The van der Waals surface area contributed by atoms with Gasteiger partial charge >= 0.3 is 0 Å². The molecule has 0 aromatic rings.